The van der Waals surface area contributed by atoms with E-state index in [-0.39, 0.29) is 0 Å². The first kappa shape index (κ1) is 24.7. The molecule has 34 heavy (non-hydrogen) atoms. The van der Waals surface area contributed by atoms with Crippen molar-refractivity contribution in [1.29, 1.82) is 0 Å². The van der Waals surface area contributed by atoms with E-state index in [4.69, 9.17) is 0 Å². The number of hydrogen-bond donors (Lipinski definition) is 0. The van der Waals surface area contributed by atoms with E-state index in [2.05, 4.69) is 60.8 Å². The largest absolute Gasteiger partial charge is 0.129 e. The number of hydrogen-bond acceptors (Lipinski definition) is 4. The molecule has 0 aliphatic heterocycles. The van der Waals surface area contributed by atoms with E-state index in [9.17, 15) is 0 Å². The predicted octanol–water partition coefficient (Wildman–Crippen LogP) is 12.4. The summed E-state index contributed by atoms with van der Waals surface area (Å²) in [6.45, 7) is 4.59. The van der Waals surface area contributed by atoms with Crippen molar-refractivity contribution in [3.05, 3.63) is 34.0 Å². The van der Waals surface area contributed by atoms with Gasteiger partial charge in [-0.2, -0.15) is 0 Å². The number of rotatable bonds is 14. The zero-order valence-electron chi connectivity index (χ0n) is 20.8. The van der Waals surface area contributed by atoms with Crippen molar-refractivity contribution in [2.45, 2.75) is 104 Å². The molecule has 4 aromatic heterocycles. The molecule has 0 bridgehead atoms. The average molecular weight is 527 g/mol. The van der Waals surface area contributed by atoms with E-state index < -0.39 is 0 Å². The van der Waals surface area contributed by atoms with Crippen LogP contribution in [0.25, 0.3) is 39.0 Å². The smallest absolute Gasteiger partial charge is 0.0880 e. The van der Waals surface area contributed by atoms with Crippen LogP contribution >= 0.6 is 45.3 Å². The van der Waals surface area contributed by atoms with Crippen LogP contribution in [0.1, 0.15) is 101 Å². The Bertz CT molecular complexity index is 1240. The van der Waals surface area contributed by atoms with Crippen LogP contribution < -0.4 is 0 Å². The number of unbranched alkanes of at least 4 members (excludes halogenated alkanes) is 10. The summed E-state index contributed by atoms with van der Waals surface area (Å²) in [5.41, 5.74) is 0. The van der Waals surface area contributed by atoms with Gasteiger partial charge in [0.1, 0.15) is 0 Å². The Morgan fingerprint density at radius 3 is 1.32 bits per heavy atom. The quantitative estimate of drug-likeness (QED) is 0.126. The van der Waals surface area contributed by atoms with Crippen molar-refractivity contribution in [3.63, 3.8) is 0 Å². The molecular weight excluding hydrogens is 489 g/mol. The van der Waals surface area contributed by atoms with Crippen LogP contribution in [0, 0.1) is 0 Å². The minimum Gasteiger partial charge on any atom is -0.129 e. The molecule has 5 rings (SSSR count). The molecular formula is C30H38S4. The fourth-order valence-electron chi connectivity index (χ4n) is 5.15. The molecule has 0 saturated carbocycles. The van der Waals surface area contributed by atoms with E-state index in [1.165, 1.54) is 129 Å². The third-order valence-electron chi connectivity index (χ3n) is 7.13. The monoisotopic (exact) mass is 526 g/mol. The van der Waals surface area contributed by atoms with Crippen LogP contribution in [-0.2, 0) is 12.8 Å². The molecule has 182 valence electrons. The summed E-state index contributed by atoms with van der Waals surface area (Å²) in [5, 5.41) is 5.99. The van der Waals surface area contributed by atoms with Gasteiger partial charge in [-0.3, -0.25) is 0 Å². The molecule has 0 N–H and O–H groups in total. The lowest BCUT2D eigenvalue weighted by Gasteiger charge is -1.99. The van der Waals surface area contributed by atoms with Crippen LogP contribution in [0.4, 0.5) is 0 Å². The number of benzene rings is 1. The molecule has 0 fully saturated rings. The SMILES string of the molecule is CCCCCCCCc1cc2c(s1)sc1c2ccc2c3cc(CCCCCCCC)sc3sc21. The molecule has 0 nitrogen and oxygen atoms in total. The van der Waals surface area contributed by atoms with Crippen LogP contribution in [-0.4, -0.2) is 0 Å². The molecule has 1 aromatic carbocycles. The number of aryl methyl sites for hydroxylation is 2. The molecule has 0 saturated heterocycles. The minimum atomic E-state index is 1.26. The fourth-order valence-corrected chi connectivity index (χ4v) is 10.7. The lowest BCUT2D eigenvalue weighted by molar-refractivity contribution is 0.609. The van der Waals surface area contributed by atoms with Gasteiger partial charge in [0, 0.05) is 31.3 Å². The van der Waals surface area contributed by atoms with Crippen molar-refractivity contribution in [1.82, 2.24) is 0 Å². The van der Waals surface area contributed by atoms with E-state index in [0.717, 1.165) is 0 Å². The van der Waals surface area contributed by atoms with Gasteiger partial charge < -0.3 is 0 Å². The maximum absolute atomic E-state index is 2.51. The fraction of sp³-hybridized carbons (Fsp3) is 0.533. The minimum absolute atomic E-state index is 1.26. The first-order valence-corrected chi connectivity index (χ1v) is 16.8. The molecule has 0 aliphatic carbocycles. The second kappa shape index (κ2) is 11.9. The second-order valence-electron chi connectivity index (χ2n) is 9.89. The third kappa shape index (κ3) is 5.40. The van der Waals surface area contributed by atoms with Gasteiger partial charge in [0.25, 0.3) is 0 Å². The Kier molecular flexibility index (Phi) is 8.63. The van der Waals surface area contributed by atoms with Crippen molar-refractivity contribution >= 4 is 84.3 Å². The van der Waals surface area contributed by atoms with E-state index in [0.29, 0.717) is 0 Å². The van der Waals surface area contributed by atoms with E-state index in [1.54, 1.807) is 9.75 Å². The van der Waals surface area contributed by atoms with Crippen LogP contribution in [0.15, 0.2) is 24.3 Å². The Morgan fingerprint density at radius 2 is 0.882 bits per heavy atom. The summed E-state index contributed by atoms with van der Waals surface area (Å²) in [6, 6.07) is 9.83. The van der Waals surface area contributed by atoms with Crippen molar-refractivity contribution in [2.24, 2.45) is 0 Å². The number of fused-ring (bicyclic) bond motifs is 7. The zero-order valence-corrected chi connectivity index (χ0v) is 24.1. The molecule has 0 spiro atoms. The zero-order chi connectivity index (χ0) is 23.3. The van der Waals surface area contributed by atoms with E-state index in [1.807, 2.05) is 22.7 Å². The average Bonchev–Trinajstić information content (AvgIpc) is 3.57. The van der Waals surface area contributed by atoms with Gasteiger partial charge in [-0.15, -0.1) is 45.3 Å². The summed E-state index contributed by atoms with van der Waals surface area (Å²) in [7, 11) is 0. The summed E-state index contributed by atoms with van der Waals surface area (Å²) in [4.78, 5) is 3.18. The Morgan fingerprint density at radius 1 is 0.471 bits per heavy atom. The van der Waals surface area contributed by atoms with Crippen molar-refractivity contribution in [2.75, 3.05) is 0 Å². The Balaban J connectivity index is 1.28. The van der Waals surface area contributed by atoms with Gasteiger partial charge in [0.05, 0.1) is 17.4 Å². The Labute approximate surface area is 221 Å². The van der Waals surface area contributed by atoms with Gasteiger partial charge in [0.15, 0.2) is 0 Å². The van der Waals surface area contributed by atoms with Crippen molar-refractivity contribution < 1.29 is 0 Å². The highest BCUT2D eigenvalue weighted by Gasteiger charge is 2.16. The van der Waals surface area contributed by atoms with Crippen LogP contribution in [0.3, 0.4) is 0 Å². The van der Waals surface area contributed by atoms with Gasteiger partial charge in [-0.05, 0) is 37.8 Å². The van der Waals surface area contributed by atoms with Gasteiger partial charge in [-0.25, -0.2) is 0 Å². The molecule has 0 atom stereocenters. The lowest BCUT2D eigenvalue weighted by atomic mass is 10.1. The maximum Gasteiger partial charge on any atom is 0.0880 e. The molecule has 5 aromatic rings. The predicted molar refractivity (Wildman–Crippen MR) is 162 cm³/mol. The maximum atomic E-state index is 2.51. The Hall–Kier alpha value is -0.940. The normalized spacial score (nSPS) is 12.3. The van der Waals surface area contributed by atoms with Gasteiger partial charge >= 0.3 is 0 Å². The van der Waals surface area contributed by atoms with Gasteiger partial charge in [-0.1, -0.05) is 90.2 Å². The molecule has 0 unspecified atom stereocenters. The van der Waals surface area contributed by atoms with Crippen LogP contribution in [0.5, 0.6) is 0 Å². The first-order valence-electron chi connectivity index (χ1n) is 13.6. The summed E-state index contributed by atoms with van der Waals surface area (Å²) >= 11 is 8.19. The summed E-state index contributed by atoms with van der Waals surface area (Å²) in [5.74, 6) is 0. The molecule has 0 amide bonds. The first-order chi connectivity index (χ1) is 16.8. The molecule has 4 heterocycles. The van der Waals surface area contributed by atoms with Gasteiger partial charge in [0.2, 0.25) is 0 Å². The van der Waals surface area contributed by atoms with Crippen LogP contribution in [0.2, 0.25) is 0 Å². The lowest BCUT2D eigenvalue weighted by Crippen LogP contribution is -1.82. The summed E-state index contributed by atoms with van der Waals surface area (Å²) < 4.78 is 6.11. The molecule has 0 radical (unpaired) electrons. The molecule has 4 heteroatoms. The highest BCUT2D eigenvalue weighted by atomic mass is 32.2. The standard InChI is InChI=1S/C30H38S4/c1-3-5-7-9-11-13-15-21-19-25-23-17-18-24-26-20-22(16-14-12-10-8-6-4-2)32-30(26)34-28(24)27(23)33-29(25)31-21/h17-20H,3-16H2,1-2H3. The number of thiophene rings is 4. The second-order valence-corrected chi connectivity index (χ2v) is 14.7. The highest BCUT2D eigenvalue weighted by molar-refractivity contribution is 7.46. The van der Waals surface area contributed by atoms with E-state index >= 15 is 0 Å². The topological polar surface area (TPSA) is 0 Å². The third-order valence-corrected chi connectivity index (χ3v) is 12.3. The highest BCUT2D eigenvalue weighted by Crippen LogP contribution is 2.48. The molecule has 0 aliphatic rings. The summed E-state index contributed by atoms with van der Waals surface area (Å²) in [6.07, 6.45) is 19.1. The van der Waals surface area contributed by atoms with Crippen molar-refractivity contribution in [3.8, 4) is 0 Å².